The zero-order valence-electron chi connectivity index (χ0n) is 21.1. The average Bonchev–Trinajstić information content (AvgIpc) is 3.19. The van der Waals surface area contributed by atoms with Crippen molar-refractivity contribution in [2.75, 3.05) is 13.2 Å². The summed E-state index contributed by atoms with van der Waals surface area (Å²) in [5, 5.41) is 13.4. The first-order valence-corrected chi connectivity index (χ1v) is 20.3. The first-order valence-electron chi connectivity index (χ1n) is 12.5. The molecule has 0 unspecified atom stereocenters. The van der Waals surface area contributed by atoms with Crippen LogP contribution < -0.4 is 19.8 Å². The van der Waals surface area contributed by atoms with E-state index in [9.17, 15) is 14.7 Å². The van der Waals surface area contributed by atoms with Crippen LogP contribution in [0.2, 0.25) is 22.5 Å². The fourth-order valence-electron chi connectivity index (χ4n) is 5.46. The number of esters is 1. The molecular weight excluding hydrogens is 521 g/mol. The normalized spacial score (nSPS) is 20.1. The number of benzene rings is 1. The molecule has 3 aliphatic rings. The van der Waals surface area contributed by atoms with E-state index in [0.717, 1.165) is 39.6 Å². The Kier molecular flexibility index (Phi) is 5.28. The first-order chi connectivity index (χ1) is 17.1. The zero-order chi connectivity index (χ0) is 25.4. The molecule has 0 radical (unpaired) electrons. The number of nitrogens with zero attached hydrogens (tertiary/aromatic N) is 2. The number of fused-ring (bicyclic) bond motifs is 6. The van der Waals surface area contributed by atoms with Crippen molar-refractivity contribution in [2.24, 2.45) is 0 Å². The molecule has 8 nitrogen and oxygen atoms in total. The Hall–Kier alpha value is -2.85. The van der Waals surface area contributed by atoms with Gasteiger partial charge in [0.25, 0.3) is 0 Å². The third-order valence-corrected chi connectivity index (χ3v) is 11.2. The monoisotopic (exact) mass is 552 g/mol. The van der Waals surface area contributed by atoms with Crippen molar-refractivity contribution < 1.29 is 24.1 Å². The minimum absolute atomic E-state index is 0.0692. The van der Waals surface area contributed by atoms with E-state index in [0.29, 0.717) is 43.2 Å². The molecule has 1 atom stereocenters. The summed E-state index contributed by atoms with van der Waals surface area (Å²) < 4.78 is 18.7. The molecule has 9 heteroatoms. The van der Waals surface area contributed by atoms with Crippen LogP contribution in [0, 0.1) is 0 Å². The minimum atomic E-state index is -1.89. The van der Waals surface area contributed by atoms with Crippen molar-refractivity contribution in [2.45, 2.75) is 60.9 Å². The van der Waals surface area contributed by atoms with Gasteiger partial charge in [-0.05, 0) is 0 Å². The van der Waals surface area contributed by atoms with Gasteiger partial charge >= 0.3 is 212 Å². The summed E-state index contributed by atoms with van der Waals surface area (Å²) in [5.41, 5.74) is 2.89. The number of aryl methyl sites for hydroxylation is 1. The molecule has 0 spiro atoms. The maximum atomic E-state index is 13.6. The Labute approximate surface area is 211 Å². The van der Waals surface area contributed by atoms with Gasteiger partial charge in [0.1, 0.15) is 0 Å². The molecule has 1 aromatic carbocycles. The second-order valence-electron chi connectivity index (χ2n) is 11.2. The molecule has 1 N–H and O–H groups in total. The molecule has 3 aromatic rings. The number of ether oxygens (including phenoxy) is 3. The van der Waals surface area contributed by atoms with Crippen LogP contribution >= 0.6 is 0 Å². The van der Waals surface area contributed by atoms with Crippen LogP contribution in [0.3, 0.4) is 0 Å². The van der Waals surface area contributed by atoms with Crippen LogP contribution in [-0.2, 0) is 23.4 Å². The SMILES string of the molecule is CC[C@@]1(O)CC(=O)Oc2c1cc1n(c2=O)Cc2c-1nc1cc3c(cc1c2C[CH2][Ge]([CH3])([CH3])[CH3])OCCO3. The van der Waals surface area contributed by atoms with Gasteiger partial charge in [-0.15, -0.1) is 0 Å². The molecule has 5 heterocycles. The van der Waals surface area contributed by atoms with Crippen molar-refractivity contribution >= 4 is 30.1 Å². The van der Waals surface area contributed by atoms with Gasteiger partial charge in [-0.2, -0.15) is 0 Å². The Morgan fingerprint density at radius 3 is 2.53 bits per heavy atom. The summed E-state index contributed by atoms with van der Waals surface area (Å²) in [6, 6.07) is 5.74. The van der Waals surface area contributed by atoms with Gasteiger partial charge in [0, 0.05) is 0 Å². The van der Waals surface area contributed by atoms with Crippen LogP contribution in [0.4, 0.5) is 0 Å². The van der Waals surface area contributed by atoms with E-state index < -0.39 is 30.4 Å². The summed E-state index contributed by atoms with van der Waals surface area (Å²) in [6.45, 7) is 3.15. The van der Waals surface area contributed by atoms with Gasteiger partial charge in [0.15, 0.2) is 0 Å². The van der Waals surface area contributed by atoms with E-state index in [2.05, 4.69) is 17.3 Å². The first kappa shape index (κ1) is 23.5. The number of pyridine rings is 2. The number of rotatable bonds is 4. The third kappa shape index (κ3) is 3.64. The molecule has 0 saturated heterocycles. The van der Waals surface area contributed by atoms with Crippen molar-refractivity contribution in [3.05, 3.63) is 45.2 Å². The Morgan fingerprint density at radius 2 is 1.83 bits per heavy atom. The molecule has 188 valence electrons. The van der Waals surface area contributed by atoms with Crippen molar-refractivity contribution in [3.8, 4) is 28.6 Å². The number of carbonyl (C=O) groups excluding carboxylic acids is 1. The number of aliphatic hydroxyl groups is 1. The van der Waals surface area contributed by atoms with Crippen LogP contribution in [0.25, 0.3) is 22.3 Å². The van der Waals surface area contributed by atoms with Gasteiger partial charge in [-0.25, -0.2) is 0 Å². The van der Waals surface area contributed by atoms with E-state index in [1.165, 1.54) is 5.56 Å². The maximum absolute atomic E-state index is 13.6. The van der Waals surface area contributed by atoms with Gasteiger partial charge in [0.05, 0.1) is 0 Å². The van der Waals surface area contributed by atoms with E-state index in [-0.39, 0.29) is 12.2 Å². The van der Waals surface area contributed by atoms with Gasteiger partial charge in [-0.3, -0.25) is 0 Å². The summed E-state index contributed by atoms with van der Waals surface area (Å²) in [5.74, 6) is 7.93. The van der Waals surface area contributed by atoms with Crippen LogP contribution in [-0.4, -0.2) is 47.1 Å². The Bertz CT molecular complexity index is 1510. The summed E-state index contributed by atoms with van der Waals surface area (Å²) in [6.07, 6.45) is 1.01. The predicted molar refractivity (Wildman–Crippen MR) is 138 cm³/mol. The van der Waals surface area contributed by atoms with Gasteiger partial charge in [0.2, 0.25) is 0 Å². The number of hydrogen-bond acceptors (Lipinski definition) is 7. The fraction of sp³-hybridized carbons (Fsp3) is 0.444. The summed E-state index contributed by atoms with van der Waals surface area (Å²) in [7, 11) is 0. The summed E-state index contributed by atoms with van der Waals surface area (Å²) in [4.78, 5) is 30.8. The van der Waals surface area contributed by atoms with Crippen molar-refractivity contribution in [3.63, 3.8) is 0 Å². The molecular formula is C27H30GeN2O6. The number of aromatic nitrogens is 2. The van der Waals surface area contributed by atoms with Gasteiger partial charge < -0.3 is 0 Å². The standard InChI is InChI=1S/C27H30GeN2O6/c1-5-27(33)13-23(31)36-25-18(27)11-20-24-17(14-30(20)26(25)32)15(6-7-28(2,3)4)16-10-21-22(12-19(16)29-24)35-9-8-34-21/h10-12,33H,5-9,13-14H2,1-4H3/t27-/m1/s1. The number of carbonyl (C=O) groups is 1. The Balaban J connectivity index is 1.60. The fourth-order valence-corrected chi connectivity index (χ4v) is 7.55. The van der Waals surface area contributed by atoms with E-state index in [1.54, 1.807) is 17.6 Å². The average molecular weight is 551 g/mol. The molecule has 36 heavy (non-hydrogen) atoms. The molecule has 0 fully saturated rings. The van der Waals surface area contributed by atoms with Crippen LogP contribution in [0.5, 0.6) is 17.2 Å². The topological polar surface area (TPSA) is 99.9 Å². The predicted octanol–water partition coefficient (Wildman–Crippen LogP) is 3.98. The second kappa shape index (κ2) is 8.08. The molecule has 3 aliphatic heterocycles. The molecule has 2 aromatic heterocycles. The Morgan fingerprint density at radius 1 is 1.11 bits per heavy atom. The van der Waals surface area contributed by atoms with E-state index in [1.807, 2.05) is 12.1 Å². The molecule has 0 aliphatic carbocycles. The van der Waals surface area contributed by atoms with Crippen LogP contribution in [0.15, 0.2) is 23.0 Å². The van der Waals surface area contributed by atoms with E-state index in [4.69, 9.17) is 19.2 Å². The molecule has 0 amide bonds. The van der Waals surface area contributed by atoms with Crippen molar-refractivity contribution in [1.82, 2.24) is 9.55 Å². The quantitative estimate of drug-likeness (QED) is 0.303. The van der Waals surface area contributed by atoms with Crippen molar-refractivity contribution in [1.29, 1.82) is 0 Å². The summed E-state index contributed by atoms with van der Waals surface area (Å²) >= 11 is -1.89. The third-order valence-electron chi connectivity index (χ3n) is 7.55. The van der Waals surface area contributed by atoms with E-state index >= 15 is 0 Å². The zero-order valence-corrected chi connectivity index (χ0v) is 23.2. The van der Waals surface area contributed by atoms with Crippen LogP contribution in [0.1, 0.15) is 36.5 Å². The second-order valence-corrected chi connectivity index (χ2v) is 23.0. The molecule has 0 bridgehead atoms. The number of hydrogen-bond donors (Lipinski definition) is 1. The molecule has 6 rings (SSSR count). The molecule has 0 saturated carbocycles. The van der Waals surface area contributed by atoms with Gasteiger partial charge in [-0.1, -0.05) is 0 Å².